The van der Waals surface area contributed by atoms with Crippen LogP contribution in [0.2, 0.25) is 0 Å². The van der Waals surface area contributed by atoms with Crippen LogP contribution in [0.15, 0.2) is 12.4 Å². The van der Waals surface area contributed by atoms with Crippen LogP contribution < -0.4 is 0 Å². The summed E-state index contributed by atoms with van der Waals surface area (Å²) in [7, 11) is 1.24. The number of carbonyl (C=O) groups excluding carboxylic acids is 3. The van der Waals surface area contributed by atoms with Gasteiger partial charge in [0, 0.05) is 12.4 Å². The van der Waals surface area contributed by atoms with Gasteiger partial charge in [-0.25, -0.2) is 9.59 Å². The van der Waals surface area contributed by atoms with Gasteiger partial charge in [0.1, 0.15) is 6.17 Å². The lowest BCUT2D eigenvalue weighted by Crippen LogP contribution is -2.50. The third-order valence-electron chi connectivity index (χ3n) is 2.94. The maximum Gasteiger partial charge on any atom is 0.415 e. The lowest BCUT2D eigenvalue weighted by Gasteiger charge is -2.32. The number of hydrogen-bond acceptors (Lipinski definition) is 6. The Morgan fingerprint density at radius 2 is 1.48 bits per heavy atom. The van der Waals surface area contributed by atoms with Crippen molar-refractivity contribution in [3.63, 3.8) is 0 Å². The smallest absolute Gasteiger partial charge is 0.415 e. The van der Waals surface area contributed by atoms with E-state index in [1.165, 1.54) is 29.3 Å². The molecule has 0 N–H and O–H groups in total. The molecule has 0 fully saturated rings. The van der Waals surface area contributed by atoms with Gasteiger partial charge in [0.05, 0.1) is 26.2 Å². The van der Waals surface area contributed by atoms with Crippen LogP contribution in [0.1, 0.15) is 20.8 Å². The van der Waals surface area contributed by atoms with E-state index < -0.39 is 30.2 Å². The van der Waals surface area contributed by atoms with Gasteiger partial charge in [0.15, 0.2) is 0 Å². The molecule has 0 aromatic carbocycles. The van der Waals surface area contributed by atoms with Gasteiger partial charge >= 0.3 is 18.2 Å². The second kappa shape index (κ2) is 7.51. The van der Waals surface area contributed by atoms with E-state index in [-0.39, 0.29) is 13.2 Å². The Morgan fingerprint density at radius 3 is 1.81 bits per heavy atom. The molecule has 0 radical (unpaired) electrons. The molecule has 2 amide bonds. The zero-order valence-corrected chi connectivity index (χ0v) is 12.6. The monoisotopic (exact) mass is 300 g/mol. The van der Waals surface area contributed by atoms with Crippen LogP contribution in [0.5, 0.6) is 0 Å². The number of ether oxygens (including phenoxy) is 3. The van der Waals surface area contributed by atoms with E-state index in [0.717, 1.165) is 0 Å². The number of methoxy groups -OCH3 is 1. The molecule has 8 nitrogen and oxygen atoms in total. The molecule has 0 aliphatic carbocycles. The van der Waals surface area contributed by atoms with Crippen LogP contribution in [0.25, 0.3) is 0 Å². The van der Waals surface area contributed by atoms with Crippen LogP contribution in [0.4, 0.5) is 9.59 Å². The minimum Gasteiger partial charge on any atom is -0.469 e. The Morgan fingerprint density at radius 1 is 1.05 bits per heavy atom. The standard InChI is InChI=1S/C13H20N2O6/c1-5-20-12(17)14-7-8-15(13(18)21-6-2)10(14)9(3)11(16)19-4/h7-10H,5-6H2,1-4H3. The first-order valence-electron chi connectivity index (χ1n) is 6.64. The molecule has 118 valence electrons. The van der Waals surface area contributed by atoms with Crippen molar-refractivity contribution in [1.82, 2.24) is 9.80 Å². The molecule has 1 aliphatic rings. The van der Waals surface area contributed by atoms with Crippen LogP contribution in [-0.2, 0) is 19.0 Å². The fourth-order valence-corrected chi connectivity index (χ4v) is 1.98. The van der Waals surface area contributed by atoms with Crippen molar-refractivity contribution in [3.8, 4) is 0 Å². The molecule has 0 aromatic rings. The van der Waals surface area contributed by atoms with E-state index >= 15 is 0 Å². The van der Waals surface area contributed by atoms with E-state index in [9.17, 15) is 14.4 Å². The molecule has 1 atom stereocenters. The normalized spacial score (nSPS) is 15.8. The molecule has 8 heteroatoms. The summed E-state index contributed by atoms with van der Waals surface area (Å²) in [6, 6.07) is 0. The molecule has 21 heavy (non-hydrogen) atoms. The molecular formula is C13H20N2O6. The van der Waals surface area contributed by atoms with E-state index in [4.69, 9.17) is 9.47 Å². The highest BCUT2D eigenvalue weighted by Crippen LogP contribution is 2.25. The zero-order chi connectivity index (χ0) is 16.0. The summed E-state index contributed by atoms with van der Waals surface area (Å²) in [6.07, 6.45) is 0.566. The molecule has 1 aliphatic heterocycles. The van der Waals surface area contributed by atoms with Gasteiger partial charge in [0.2, 0.25) is 0 Å². The van der Waals surface area contributed by atoms with Gasteiger partial charge in [-0.05, 0) is 20.8 Å². The molecule has 0 saturated carbocycles. The topological polar surface area (TPSA) is 85.4 Å². The highest BCUT2D eigenvalue weighted by Gasteiger charge is 2.42. The summed E-state index contributed by atoms with van der Waals surface area (Å²) in [5, 5.41) is 0. The van der Waals surface area contributed by atoms with Crippen LogP contribution in [0.3, 0.4) is 0 Å². The Balaban J connectivity index is 3.00. The zero-order valence-electron chi connectivity index (χ0n) is 12.6. The average molecular weight is 300 g/mol. The molecule has 0 spiro atoms. The van der Waals surface area contributed by atoms with Crippen molar-refractivity contribution >= 4 is 18.2 Å². The summed E-state index contributed by atoms with van der Waals surface area (Å²) >= 11 is 0. The molecule has 0 saturated heterocycles. The summed E-state index contributed by atoms with van der Waals surface area (Å²) in [5.41, 5.74) is 0. The second-order valence-corrected chi connectivity index (χ2v) is 4.24. The van der Waals surface area contributed by atoms with Gasteiger partial charge in [-0.3, -0.25) is 14.6 Å². The van der Waals surface area contributed by atoms with Crippen molar-refractivity contribution in [1.29, 1.82) is 0 Å². The number of carbonyl (C=O) groups is 3. The molecule has 1 heterocycles. The Hall–Kier alpha value is -2.25. The number of rotatable bonds is 4. The van der Waals surface area contributed by atoms with Gasteiger partial charge in [-0.1, -0.05) is 0 Å². The predicted molar refractivity (Wildman–Crippen MR) is 71.8 cm³/mol. The summed E-state index contributed by atoms with van der Waals surface area (Å²) in [4.78, 5) is 37.9. The highest BCUT2D eigenvalue weighted by atomic mass is 16.6. The number of esters is 1. The Kier molecular flexibility index (Phi) is 6.01. The lowest BCUT2D eigenvalue weighted by molar-refractivity contribution is -0.148. The SMILES string of the molecule is CCOC(=O)N1C=CN(C(=O)OCC)C1C(C)C(=O)OC. The third kappa shape index (κ3) is 3.65. The third-order valence-corrected chi connectivity index (χ3v) is 2.94. The minimum atomic E-state index is -0.879. The van der Waals surface area contributed by atoms with E-state index in [2.05, 4.69) is 4.74 Å². The molecule has 1 rings (SSSR count). The minimum absolute atomic E-state index is 0.182. The van der Waals surface area contributed by atoms with E-state index in [1.54, 1.807) is 20.8 Å². The van der Waals surface area contributed by atoms with Crippen molar-refractivity contribution in [2.75, 3.05) is 20.3 Å². The first kappa shape index (κ1) is 16.8. The highest BCUT2D eigenvalue weighted by molar-refractivity contribution is 5.79. The Bertz CT molecular complexity index is 408. The molecule has 0 bridgehead atoms. The van der Waals surface area contributed by atoms with E-state index in [1.807, 2.05) is 0 Å². The summed E-state index contributed by atoms with van der Waals surface area (Å²) in [6.45, 7) is 5.25. The quantitative estimate of drug-likeness (QED) is 0.578. The van der Waals surface area contributed by atoms with Crippen LogP contribution in [-0.4, -0.2) is 54.4 Å². The lowest BCUT2D eigenvalue weighted by atomic mass is 10.1. The maximum absolute atomic E-state index is 11.9. The predicted octanol–water partition coefficient (Wildman–Crippen LogP) is 1.52. The maximum atomic E-state index is 11.9. The fraction of sp³-hybridized carbons (Fsp3) is 0.615. The van der Waals surface area contributed by atoms with Crippen LogP contribution >= 0.6 is 0 Å². The van der Waals surface area contributed by atoms with Crippen molar-refractivity contribution in [2.45, 2.75) is 26.9 Å². The van der Waals surface area contributed by atoms with Crippen LogP contribution in [0, 0.1) is 5.92 Å². The van der Waals surface area contributed by atoms with E-state index in [0.29, 0.717) is 0 Å². The van der Waals surface area contributed by atoms with Gasteiger partial charge < -0.3 is 14.2 Å². The van der Waals surface area contributed by atoms with Gasteiger partial charge in [0.25, 0.3) is 0 Å². The summed E-state index contributed by atoms with van der Waals surface area (Å²) in [5.74, 6) is -1.31. The largest absolute Gasteiger partial charge is 0.469 e. The number of hydrogen-bond donors (Lipinski definition) is 0. The second-order valence-electron chi connectivity index (χ2n) is 4.24. The number of nitrogens with zero attached hydrogens (tertiary/aromatic N) is 2. The first-order valence-corrected chi connectivity index (χ1v) is 6.64. The van der Waals surface area contributed by atoms with Gasteiger partial charge in [-0.2, -0.15) is 0 Å². The molecule has 0 aromatic heterocycles. The average Bonchev–Trinajstić information content (AvgIpc) is 2.91. The van der Waals surface area contributed by atoms with Crippen molar-refractivity contribution in [2.24, 2.45) is 5.92 Å². The summed E-state index contributed by atoms with van der Waals surface area (Å²) < 4.78 is 14.5. The molecular weight excluding hydrogens is 280 g/mol. The Labute approximate surface area is 123 Å². The van der Waals surface area contributed by atoms with Crippen molar-refractivity contribution in [3.05, 3.63) is 12.4 Å². The number of amides is 2. The first-order chi connectivity index (χ1) is 9.97. The van der Waals surface area contributed by atoms with Crippen molar-refractivity contribution < 1.29 is 28.6 Å². The molecule has 1 unspecified atom stereocenters. The van der Waals surface area contributed by atoms with Gasteiger partial charge in [-0.15, -0.1) is 0 Å². The fourth-order valence-electron chi connectivity index (χ4n) is 1.98.